The first kappa shape index (κ1) is 13.9. The van der Waals surface area contributed by atoms with E-state index in [4.69, 9.17) is 4.74 Å². The lowest BCUT2D eigenvalue weighted by molar-refractivity contribution is -0.120. The first-order valence-electron chi connectivity index (χ1n) is 5.60. The lowest BCUT2D eigenvalue weighted by atomic mass is 10.0. The third-order valence-corrected chi connectivity index (χ3v) is 2.82. The SMILES string of the molecule is COc1cc(C)cc(C)c1CNC(=O)CCS. The van der Waals surface area contributed by atoms with E-state index in [0.29, 0.717) is 18.7 Å². The van der Waals surface area contributed by atoms with Crippen molar-refractivity contribution in [2.24, 2.45) is 0 Å². The van der Waals surface area contributed by atoms with Crippen LogP contribution in [-0.2, 0) is 11.3 Å². The van der Waals surface area contributed by atoms with E-state index in [1.54, 1.807) is 7.11 Å². The third kappa shape index (κ3) is 3.97. The van der Waals surface area contributed by atoms with Crippen LogP contribution in [-0.4, -0.2) is 18.8 Å². The van der Waals surface area contributed by atoms with Crippen molar-refractivity contribution in [3.8, 4) is 5.75 Å². The van der Waals surface area contributed by atoms with Gasteiger partial charge in [0, 0.05) is 18.5 Å². The van der Waals surface area contributed by atoms with Crippen LogP contribution < -0.4 is 10.1 Å². The number of methoxy groups -OCH3 is 1. The number of carbonyl (C=O) groups is 1. The van der Waals surface area contributed by atoms with Crippen LogP contribution in [0.4, 0.5) is 0 Å². The quantitative estimate of drug-likeness (QED) is 0.790. The van der Waals surface area contributed by atoms with Gasteiger partial charge in [-0.05, 0) is 36.8 Å². The summed E-state index contributed by atoms with van der Waals surface area (Å²) in [6.45, 7) is 4.55. The average Bonchev–Trinajstić information content (AvgIpc) is 2.27. The summed E-state index contributed by atoms with van der Waals surface area (Å²) < 4.78 is 5.33. The summed E-state index contributed by atoms with van der Waals surface area (Å²) in [5.74, 6) is 1.41. The molecule has 0 aliphatic carbocycles. The minimum absolute atomic E-state index is 0.0158. The van der Waals surface area contributed by atoms with Gasteiger partial charge in [0.15, 0.2) is 0 Å². The van der Waals surface area contributed by atoms with Crippen molar-refractivity contribution in [3.63, 3.8) is 0 Å². The summed E-state index contributed by atoms with van der Waals surface area (Å²) in [7, 11) is 1.65. The molecule has 0 saturated heterocycles. The highest BCUT2D eigenvalue weighted by Gasteiger charge is 2.08. The van der Waals surface area contributed by atoms with Crippen LogP contribution in [0.15, 0.2) is 12.1 Å². The van der Waals surface area contributed by atoms with E-state index in [1.165, 1.54) is 0 Å². The molecule has 3 nitrogen and oxygen atoms in total. The Labute approximate surface area is 108 Å². The van der Waals surface area contributed by atoms with Crippen molar-refractivity contribution in [1.82, 2.24) is 5.32 Å². The summed E-state index contributed by atoms with van der Waals surface area (Å²) in [6, 6.07) is 4.07. The molecular weight excluding hydrogens is 234 g/mol. The number of hydrogen-bond acceptors (Lipinski definition) is 3. The lowest BCUT2D eigenvalue weighted by Crippen LogP contribution is -2.23. The Morgan fingerprint density at radius 1 is 1.41 bits per heavy atom. The fraction of sp³-hybridized carbons (Fsp3) is 0.462. The van der Waals surface area contributed by atoms with Crippen molar-refractivity contribution in [3.05, 3.63) is 28.8 Å². The van der Waals surface area contributed by atoms with Gasteiger partial charge in [-0.2, -0.15) is 12.6 Å². The van der Waals surface area contributed by atoms with Gasteiger partial charge in [0.25, 0.3) is 0 Å². The molecule has 1 rings (SSSR count). The van der Waals surface area contributed by atoms with Gasteiger partial charge in [-0.25, -0.2) is 0 Å². The van der Waals surface area contributed by atoms with Crippen molar-refractivity contribution in [1.29, 1.82) is 0 Å². The highest BCUT2D eigenvalue weighted by atomic mass is 32.1. The summed E-state index contributed by atoms with van der Waals surface area (Å²) in [5.41, 5.74) is 3.32. The molecule has 1 aromatic carbocycles. The molecule has 0 saturated carbocycles. The largest absolute Gasteiger partial charge is 0.496 e. The minimum atomic E-state index is 0.0158. The number of amides is 1. The zero-order chi connectivity index (χ0) is 12.8. The van der Waals surface area contributed by atoms with Gasteiger partial charge in [0.2, 0.25) is 5.91 Å². The molecule has 0 aliphatic rings. The molecule has 0 unspecified atom stereocenters. The maximum Gasteiger partial charge on any atom is 0.221 e. The van der Waals surface area contributed by atoms with Crippen LogP contribution in [0.3, 0.4) is 0 Å². The molecule has 0 radical (unpaired) electrons. The summed E-state index contributed by atoms with van der Waals surface area (Å²) >= 11 is 4.03. The molecule has 4 heteroatoms. The molecule has 0 spiro atoms. The van der Waals surface area contributed by atoms with Crippen LogP contribution in [0.5, 0.6) is 5.75 Å². The number of nitrogens with one attached hydrogen (secondary N) is 1. The van der Waals surface area contributed by atoms with Gasteiger partial charge >= 0.3 is 0 Å². The molecule has 1 amide bonds. The van der Waals surface area contributed by atoms with E-state index in [0.717, 1.165) is 22.4 Å². The highest BCUT2D eigenvalue weighted by molar-refractivity contribution is 7.80. The lowest BCUT2D eigenvalue weighted by Gasteiger charge is -2.13. The van der Waals surface area contributed by atoms with E-state index < -0.39 is 0 Å². The van der Waals surface area contributed by atoms with Gasteiger partial charge in [0.1, 0.15) is 5.75 Å². The predicted octanol–water partition coefficient (Wildman–Crippen LogP) is 2.25. The van der Waals surface area contributed by atoms with Crippen LogP contribution in [0.25, 0.3) is 0 Å². The Morgan fingerprint density at radius 2 is 2.12 bits per heavy atom. The summed E-state index contributed by atoms with van der Waals surface area (Å²) in [5, 5.41) is 2.87. The first-order valence-corrected chi connectivity index (χ1v) is 6.23. The number of carbonyl (C=O) groups excluding carboxylic acids is 1. The van der Waals surface area contributed by atoms with Crippen molar-refractivity contribution in [2.45, 2.75) is 26.8 Å². The fourth-order valence-corrected chi connectivity index (χ4v) is 1.95. The zero-order valence-electron chi connectivity index (χ0n) is 10.5. The van der Waals surface area contributed by atoms with E-state index in [-0.39, 0.29) is 5.91 Å². The molecule has 0 aliphatic heterocycles. The van der Waals surface area contributed by atoms with Gasteiger partial charge in [-0.3, -0.25) is 4.79 Å². The van der Waals surface area contributed by atoms with Crippen molar-refractivity contribution in [2.75, 3.05) is 12.9 Å². The monoisotopic (exact) mass is 253 g/mol. The van der Waals surface area contributed by atoms with E-state index >= 15 is 0 Å². The second-order valence-corrected chi connectivity index (χ2v) is 4.46. The van der Waals surface area contributed by atoms with Crippen LogP contribution >= 0.6 is 12.6 Å². The number of thiol groups is 1. The molecule has 0 atom stereocenters. The molecule has 94 valence electrons. The molecular formula is C13H19NO2S. The minimum Gasteiger partial charge on any atom is -0.496 e. The van der Waals surface area contributed by atoms with Gasteiger partial charge in [0.05, 0.1) is 7.11 Å². The molecule has 0 bridgehead atoms. The van der Waals surface area contributed by atoms with Gasteiger partial charge in [-0.1, -0.05) is 6.07 Å². The smallest absolute Gasteiger partial charge is 0.221 e. The third-order valence-electron chi connectivity index (χ3n) is 2.60. The Balaban J connectivity index is 2.79. The van der Waals surface area contributed by atoms with Crippen molar-refractivity contribution < 1.29 is 9.53 Å². The van der Waals surface area contributed by atoms with Gasteiger partial charge < -0.3 is 10.1 Å². The number of aryl methyl sites for hydroxylation is 2. The normalized spacial score (nSPS) is 10.1. The van der Waals surface area contributed by atoms with Crippen molar-refractivity contribution >= 4 is 18.5 Å². The Kier molecular flexibility index (Phi) is 5.35. The zero-order valence-corrected chi connectivity index (χ0v) is 11.4. The molecule has 0 fully saturated rings. The molecule has 1 aromatic rings. The topological polar surface area (TPSA) is 38.3 Å². The van der Waals surface area contributed by atoms with Crippen LogP contribution in [0, 0.1) is 13.8 Å². The maximum atomic E-state index is 11.4. The fourth-order valence-electron chi connectivity index (χ4n) is 1.74. The van der Waals surface area contributed by atoms with Gasteiger partial charge in [-0.15, -0.1) is 0 Å². The molecule has 1 N–H and O–H groups in total. The van der Waals surface area contributed by atoms with E-state index in [2.05, 4.69) is 24.0 Å². The summed E-state index contributed by atoms with van der Waals surface area (Å²) in [6.07, 6.45) is 0.441. The number of rotatable bonds is 5. The summed E-state index contributed by atoms with van der Waals surface area (Å²) in [4.78, 5) is 11.4. The number of benzene rings is 1. The van der Waals surface area contributed by atoms with Crippen LogP contribution in [0.2, 0.25) is 0 Å². The Hall–Kier alpha value is -1.16. The number of hydrogen-bond donors (Lipinski definition) is 2. The second kappa shape index (κ2) is 6.55. The van der Waals surface area contributed by atoms with E-state index in [9.17, 15) is 4.79 Å². The first-order chi connectivity index (χ1) is 8.08. The Morgan fingerprint density at radius 3 is 2.71 bits per heavy atom. The molecule has 0 heterocycles. The molecule has 0 aromatic heterocycles. The van der Waals surface area contributed by atoms with E-state index in [1.807, 2.05) is 19.9 Å². The average molecular weight is 253 g/mol. The maximum absolute atomic E-state index is 11.4. The second-order valence-electron chi connectivity index (χ2n) is 4.01. The predicted molar refractivity (Wildman–Crippen MR) is 72.8 cm³/mol. The number of ether oxygens (including phenoxy) is 1. The Bertz CT molecular complexity index is 405. The van der Waals surface area contributed by atoms with Crippen LogP contribution in [0.1, 0.15) is 23.1 Å². The standard InChI is InChI=1S/C13H19NO2S/c1-9-6-10(2)11(12(7-9)16-3)8-14-13(15)4-5-17/h6-7,17H,4-5,8H2,1-3H3,(H,14,15). The molecule has 17 heavy (non-hydrogen) atoms. The highest BCUT2D eigenvalue weighted by Crippen LogP contribution is 2.23.